The Morgan fingerprint density at radius 3 is 3.00 bits per heavy atom. The molecule has 4 N–H and O–H groups in total. The van der Waals surface area contributed by atoms with E-state index in [2.05, 4.69) is 19.9 Å². The number of nitrogen functional groups attached to an aromatic ring is 1. The summed E-state index contributed by atoms with van der Waals surface area (Å²) in [5, 5.41) is 8.98. The van der Waals surface area contributed by atoms with E-state index < -0.39 is 0 Å². The number of hydrogen-bond acceptors (Lipinski definition) is 6. The van der Waals surface area contributed by atoms with Crippen molar-refractivity contribution in [2.24, 2.45) is 0 Å². The summed E-state index contributed by atoms with van der Waals surface area (Å²) in [6.07, 6.45) is 1.55. The average molecular weight is 222 g/mol. The van der Waals surface area contributed by atoms with Gasteiger partial charge in [-0.1, -0.05) is 0 Å². The van der Waals surface area contributed by atoms with E-state index in [0.29, 0.717) is 18.0 Å². The van der Waals surface area contributed by atoms with Crippen LogP contribution >= 0.6 is 0 Å². The van der Waals surface area contributed by atoms with Crippen LogP contribution in [0.4, 0.5) is 11.8 Å². The lowest BCUT2D eigenvalue weighted by Crippen LogP contribution is -2.27. The van der Waals surface area contributed by atoms with Gasteiger partial charge in [-0.25, -0.2) is 4.98 Å². The van der Waals surface area contributed by atoms with Crippen molar-refractivity contribution < 1.29 is 5.11 Å². The fourth-order valence-electron chi connectivity index (χ4n) is 1.60. The van der Waals surface area contributed by atoms with Gasteiger partial charge in [-0.05, 0) is 6.92 Å². The van der Waals surface area contributed by atoms with Crippen molar-refractivity contribution in [2.75, 3.05) is 30.3 Å². The van der Waals surface area contributed by atoms with Crippen LogP contribution in [-0.4, -0.2) is 44.7 Å². The Bertz CT molecular complexity index is 482. The van der Waals surface area contributed by atoms with Crippen LogP contribution in [0.1, 0.15) is 6.92 Å². The highest BCUT2D eigenvalue weighted by molar-refractivity contribution is 5.84. The van der Waals surface area contributed by atoms with Gasteiger partial charge in [0.05, 0.1) is 12.9 Å². The van der Waals surface area contributed by atoms with Crippen LogP contribution < -0.4 is 10.6 Å². The lowest BCUT2D eigenvalue weighted by Gasteiger charge is -2.20. The smallest absolute Gasteiger partial charge is 0.224 e. The Kier molecular flexibility index (Phi) is 2.86. The molecule has 2 heterocycles. The number of aromatic nitrogens is 4. The molecule has 16 heavy (non-hydrogen) atoms. The highest BCUT2D eigenvalue weighted by Crippen LogP contribution is 2.21. The van der Waals surface area contributed by atoms with Crippen molar-refractivity contribution in [2.45, 2.75) is 6.92 Å². The molecule has 0 amide bonds. The molecule has 0 spiro atoms. The first kappa shape index (κ1) is 10.6. The monoisotopic (exact) mass is 222 g/mol. The largest absolute Gasteiger partial charge is 0.395 e. The Hall–Kier alpha value is -1.89. The number of aliphatic hydroxyl groups is 1. The van der Waals surface area contributed by atoms with E-state index in [-0.39, 0.29) is 12.6 Å². The molecule has 0 bridgehead atoms. The molecule has 0 unspecified atom stereocenters. The second kappa shape index (κ2) is 4.31. The van der Waals surface area contributed by atoms with E-state index in [1.54, 1.807) is 6.33 Å². The third kappa shape index (κ3) is 1.76. The average Bonchev–Trinajstić information content (AvgIpc) is 2.72. The zero-order valence-corrected chi connectivity index (χ0v) is 9.01. The molecular formula is C9H14N6O. The zero-order chi connectivity index (χ0) is 11.5. The van der Waals surface area contributed by atoms with Gasteiger partial charge in [0, 0.05) is 13.1 Å². The minimum atomic E-state index is 0.0629. The minimum Gasteiger partial charge on any atom is -0.395 e. The van der Waals surface area contributed by atoms with Crippen LogP contribution in [-0.2, 0) is 0 Å². The number of nitrogens with two attached hydrogens (primary N) is 1. The summed E-state index contributed by atoms with van der Waals surface area (Å²) in [4.78, 5) is 17.1. The number of nitrogens with one attached hydrogen (secondary N) is 1. The van der Waals surface area contributed by atoms with Gasteiger partial charge in [-0.3, -0.25) is 0 Å². The van der Waals surface area contributed by atoms with E-state index in [1.807, 2.05) is 11.8 Å². The molecule has 0 aromatic carbocycles. The molecule has 2 rings (SSSR count). The van der Waals surface area contributed by atoms with Crippen LogP contribution in [0.15, 0.2) is 6.33 Å². The molecular weight excluding hydrogens is 208 g/mol. The number of imidazole rings is 1. The molecule has 0 atom stereocenters. The number of anilines is 2. The van der Waals surface area contributed by atoms with Crippen molar-refractivity contribution in [1.29, 1.82) is 0 Å². The Morgan fingerprint density at radius 1 is 1.50 bits per heavy atom. The summed E-state index contributed by atoms with van der Waals surface area (Å²) < 4.78 is 0. The van der Waals surface area contributed by atoms with Crippen LogP contribution in [0.5, 0.6) is 0 Å². The SMILES string of the molecule is CCN(CCO)c1nc(N)nc2nc[nH]c12. The zero-order valence-electron chi connectivity index (χ0n) is 9.01. The van der Waals surface area contributed by atoms with Gasteiger partial charge < -0.3 is 20.7 Å². The molecule has 0 saturated heterocycles. The van der Waals surface area contributed by atoms with Gasteiger partial charge in [-0.2, -0.15) is 9.97 Å². The molecule has 7 nitrogen and oxygen atoms in total. The van der Waals surface area contributed by atoms with Crippen LogP contribution in [0, 0.1) is 0 Å². The normalized spacial score (nSPS) is 10.9. The second-order valence-electron chi connectivity index (χ2n) is 3.31. The number of aliphatic hydroxyl groups excluding tert-OH is 1. The lowest BCUT2D eigenvalue weighted by atomic mass is 10.4. The maximum Gasteiger partial charge on any atom is 0.224 e. The summed E-state index contributed by atoms with van der Waals surface area (Å²) >= 11 is 0. The number of H-pyrrole nitrogens is 1. The highest BCUT2D eigenvalue weighted by atomic mass is 16.3. The number of fused-ring (bicyclic) bond motifs is 1. The number of nitrogens with zero attached hydrogens (tertiary/aromatic N) is 4. The van der Waals surface area contributed by atoms with Gasteiger partial charge in [0.1, 0.15) is 5.52 Å². The maximum atomic E-state index is 8.98. The first-order chi connectivity index (χ1) is 7.76. The highest BCUT2D eigenvalue weighted by Gasteiger charge is 2.13. The molecule has 0 aliphatic carbocycles. The first-order valence-corrected chi connectivity index (χ1v) is 5.08. The summed E-state index contributed by atoms with van der Waals surface area (Å²) in [6, 6.07) is 0. The molecule has 0 aliphatic heterocycles. The number of likely N-dealkylation sites (N-methyl/N-ethyl adjacent to an activating group) is 1. The summed E-state index contributed by atoms with van der Waals surface area (Å²) in [5.74, 6) is 0.863. The number of hydrogen-bond donors (Lipinski definition) is 3. The summed E-state index contributed by atoms with van der Waals surface area (Å²) in [6.45, 7) is 3.27. The van der Waals surface area contributed by atoms with E-state index in [4.69, 9.17) is 10.8 Å². The predicted octanol–water partition coefficient (Wildman–Crippen LogP) is -0.246. The predicted molar refractivity (Wildman–Crippen MR) is 61.1 cm³/mol. The first-order valence-electron chi connectivity index (χ1n) is 5.08. The third-order valence-corrected chi connectivity index (χ3v) is 2.34. The Labute approximate surface area is 92.3 Å². The van der Waals surface area contributed by atoms with Crippen molar-refractivity contribution in [3.8, 4) is 0 Å². The molecule has 2 aromatic heterocycles. The van der Waals surface area contributed by atoms with Crippen LogP contribution in [0.3, 0.4) is 0 Å². The van der Waals surface area contributed by atoms with Crippen molar-refractivity contribution in [3.05, 3.63) is 6.33 Å². The molecule has 0 radical (unpaired) electrons. The van der Waals surface area contributed by atoms with Crippen LogP contribution in [0.2, 0.25) is 0 Å². The van der Waals surface area contributed by atoms with Crippen molar-refractivity contribution in [1.82, 2.24) is 19.9 Å². The lowest BCUT2D eigenvalue weighted by molar-refractivity contribution is 0.302. The van der Waals surface area contributed by atoms with Crippen molar-refractivity contribution in [3.63, 3.8) is 0 Å². The molecule has 0 fully saturated rings. The van der Waals surface area contributed by atoms with Gasteiger partial charge >= 0.3 is 0 Å². The molecule has 2 aromatic rings. The molecule has 0 aliphatic rings. The van der Waals surface area contributed by atoms with Gasteiger partial charge in [-0.15, -0.1) is 0 Å². The minimum absolute atomic E-state index is 0.0629. The van der Waals surface area contributed by atoms with E-state index in [0.717, 1.165) is 12.1 Å². The van der Waals surface area contributed by atoms with E-state index in [1.165, 1.54) is 0 Å². The molecule has 0 saturated carbocycles. The van der Waals surface area contributed by atoms with Gasteiger partial charge in [0.25, 0.3) is 0 Å². The Balaban J connectivity index is 2.52. The van der Waals surface area contributed by atoms with E-state index >= 15 is 0 Å². The third-order valence-electron chi connectivity index (χ3n) is 2.34. The van der Waals surface area contributed by atoms with E-state index in [9.17, 15) is 0 Å². The summed E-state index contributed by atoms with van der Waals surface area (Å²) in [7, 11) is 0. The standard InChI is InChI=1S/C9H14N6O/c1-2-15(3-4-16)8-6-7(12-5-11-6)13-9(10)14-8/h5,16H,2-4H2,1H3,(H3,10,11,12,13,14). The van der Waals surface area contributed by atoms with Gasteiger partial charge in [0.15, 0.2) is 11.5 Å². The Morgan fingerprint density at radius 2 is 2.31 bits per heavy atom. The number of rotatable bonds is 4. The second-order valence-corrected chi connectivity index (χ2v) is 3.31. The maximum absolute atomic E-state index is 8.98. The van der Waals surface area contributed by atoms with Crippen LogP contribution in [0.25, 0.3) is 11.2 Å². The van der Waals surface area contributed by atoms with Gasteiger partial charge in [0.2, 0.25) is 5.95 Å². The molecule has 86 valence electrons. The fraction of sp³-hybridized carbons (Fsp3) is 0.444. The fourth-order valence-corrected chi connectivity index (χ4v) is 1.60. The summed E-state index contributed by atoms with van der Waals surface area (Å²) in [5.41, 5.74) is 6.89. The van der Waals surface area contributed by atoms with Crippen molar-refractivity contribution >= 4 is 22.9 Å². The molecule has 7 heteroatoms. The number of aromatic amines is 1. The quantitative estimate of drug-likeness (QED) is 0.659. The topological polar surface area (TPSA) is 104 Å².